The fourth-order valence-corrected chi connectivity index (χ4v) is 3.70. The molecule has 0 bridgehead atoms. The van der Waals surface area contributed by atoms with E-state index in [0.717, 1.165) is 5.56 Å². The lowest BCUT2D eigenvalue weighted by Gasteiger charge is -2.11. The molecule has 0 fully saturated rings. The number of halogens is 2. The van der Waals surface area contributed by atoms with Crippen LogP contribution in [0.4, 0.5) is 4.39 Å². The zero-order valence-corrected chi connectivity index (χ0v) is 19.1. The molecule has 1 unspecified atom stereocenters. The van der Waals surface area contributed by atoms with Crippen molar-refractivity contribution in [2.24, 2.45) is 7.05 Å². The number of carbonyl (C=O) groups excluding carboxylic acids is 1. The van der Waals surface area contributed by atoms with Crippen LogP contribution < -0.4 is 16.1 Å². The summed E-state index contributed by atoms with van der Waals surface area (Å²) in [5.41, 5.74) is 1.37. The Morgan fingerprint density at radius 3 is 2.56 bits per heavy atom. The normalized spacial score (nSPS) is 12.1. The first-order chi connectivity index (χ1) is 16.3. The molecule has 1 atom stereocenters. The fraction of sp³-hybridized carbons (Fsp3) is 0.200. The standard InChI is InChI=1S/C25H23ClFN3O4/c1-30-14-21(24(33)29-11-15-2-6-17(26)7-3-15)23(32)20-10-19(34-25(20)30)12-28-13-22(31)16-4-8-18(27)9-5-16/h2-10,14,22,28,31H,11-13H2,1H3,(H,29,33). The van der Waals surface area contributed by atoms with Crippen LogP contribution >= 0.6 is 11.6 Å². The second kappa shape index (κ2) is 10.2. The monoisotopic (exact) mass is 483 g/mol. The number of hydrogen-bond acceptors (Lipinski definition) is 5. The molecule has 2 heterocycles. The maximum atomic E-state index is 13.0. The summed E-state index contributed by atoms with van der Waals surface area (Å²) in [5, 5.41) is 16.9. The molecule has 0 aliphatic carbocycles. The number of aliphatic hydroxyl groups is 1. The van der Waals surface area contributed by atoms with Crippen molar-refractivity contribution in [2.75, 3.05) is 6.54 Å². The Hall–Kier alpha value is -3.46. The summed E-state index contributed by atoms with van der Waals surface area (Å²) < 4.78 is 20.4. The van der Waals surface area contributed by atoms with E-state index in [4.69, 9.17) is 16.0 Å². The highest BCUT2D eigenvalue weighted by Gasteiger charge is 2.18. The van der Waals surface area contributed by atoms with Crippen LogP contribution in [-0.4, -0.2) is 22.1 Å². The molecular formula is C25H23ClFN3O4. The minimum Gasteiger partial charge on any atom is -0.443 e. The third-order valence-corrected chi connectivity index (χ3v) is 5.65. The molecule has 34 heavy (non-hydrogen) atoms. The van der Waals surface area contributed by atoms with Gasteiger partial charge in [-0.15, -0.1) is 0 Å². The molecule has 2 aromatic carbocycles. The van der Waals surface area contributed by atoms with Gasteiger partial charge >= 0.3 is 0 Å². The van der Waals surface area contributed by atoms with Crippen LogP contribution in [0.1, 0.15) is 33.3 Å². The molecule has 0 spiro atoms. The van der Waals surface area contributed by atoms with E-state index >= 15 is 0 Å². The summed E-state index contributed by atoms with van der Waals surface area (Å²) in [4.78, 5) is 25.6. The second-order valence-electron chi connectivity index (χ2n) is 7.92. The van der Waals surface area contributed by atoms with Gasteiger partial charge in [-0.3, -0.25) is 9.59 Å². The number of carbonyl (C=O) groups is 1. The lowest BCUT2D eigenvalue weighted by Crippen LogP contribution is -2.29. The van der Waals surface area contributed by atoms with Gasteiger partial charge in [0.1, 0.15) is 17.1 Å². The van der Waals surface area contributed by atoms with E-state index < -0.39 is 17.4 Å². The van der Waals surface area contributed by atoms with Crippen molar-refractivity contribution in [3.05, 3.63) is 104 Å². The van der Waals surface area contributed by atoms with Crippen molar-refractivity contribution < 1.29 is 18.7 Å². The molecule has 0 aliphatic heterocycles. The van der Waals surface area contributed by atoms with Crippen LogP contribution in [0.3, 0.4) is 0 Å². The number of nitrogens with one attached hydrogen (secondary N) is 2. The van der Waals surface area contributed by atoms with Crippen molar-refractivity contribution in [2.45, 2.75) is 19.2 Å². The first-order valence-electron chi connectivity index (χ1n) is 10.6. The molecule has 3 N–H and O–H groups in total. The van der Waals surface area contributed by atoms with Crippen molar-refractivity contribution >= 4 is 28.6 Å². The highest BCUT2D eigenvalue weighted by Crippen LogP contribution is 2.18. The highest BCUT2D eigenvalue weighted by atomic mass is 35.5. The van der Waals surface area contributed by atoms with Gasteiger partial charge in [0.05, 0.1) is 18.0 Å². The Labute approximate surface area is 199 Å². The third-order valence-electron chi connectivity index (χ3n) is 5.40. The fourth-order valence-electron chi connectivity index (χ4n) is 3.58. The Kier molecular flexibility index (Phi) is 7.12. The predicted molar refractivity (Wildman–Crippen MR) is 127 cm³/mol. The highest BCUT2D eigenvalue weighted by molar-refractivity contribution is 6.30. The number of pyridine rings is 1. The van der Waals surface area contributed by atoms with Crippen LogP contribution in [0.15, 0.2) is 70.0 Å². The van der Waals surface area contributed by atoms with Gasteiger partial charge in [0, 0.05) is 31.4 Å². The number of furan rings is 1. The Morgan fingerprint density at radius 2 is 1.85 bits per heavy atom. The van der Waals surface area contributed by atoms with Gasteiger partial charge in [-0.25, -0.2) is 4.39 Å². The van der Waals surface area contributed by atoms with E-state index in [1.54, 1.807) is 41.9 Å². The average molecular weight is 484 g/mol. The van der Waals surface area contributed by atoms with E-state index in [0.29, 0.717) is 22.1 Å². The van der Waals surface area contributed by atoms with Gasteiger partial charge in [0.2, 0.25) is 11.1 Å². The van der Waals surface area contributed by atoms with Gasteiger partial charge in [0.25, 0.3) is 5.91 Å². The second-order valence-corrected chi connectivity index (χ2v) is 8.36. The lowest BCUT2D eigenvalue weighted by molar-refractivity contribution is 0.0949. The summed E-state index contributed by atoms with van der Waals surface area (Å²) >= 11 is 5.88. The van der Waals surface area contributed by atoms with Gasteiger partial charge in [0.15, 0.2) is 0 Å². The minimum atomic E-state index is -0.827. The minimum absolute atomic E-state index is 0.0102. The SMILES string of the molecule is Cn1cc(C(=O)NCc2ccc(Cl)cc2)c(=O)c2cc(CNCC(O)c3ccc(F)cc3)oc21. The van der Waals surface area contributed by atoms with Gasteiger partial charge < -0.3 is 24.7 Å². The Morgan fingerprint density at radius 1 is 1.15 bits per heavy atom. The molecule has 9 heteroatoms. The molecule has 0 saturated heterocycles. The van der Waals surface area contributed by atoms with Crippen LogP contribution in [0.5, 0.6) is 0 Å². The summed E-state index contributed by atoms with van der Waals surface area (Å²) in [6.45, 7) is 0.718. The lowest BCUT2D eigenvalue weighted by atomic mass is 10.1. The molecule has 2 aromatic heterocycles. The number of aromatic nitrogens is 1. The maximum absolute atomic E-state index is 13.0. The number of benzene rings is 2. The molecule has 176 valence electrons. The molecule has 0 radical (unpaired) electrons. The van der Waals surface area contributed by atoms with Crippen LogP contribution in [0.25, 0.3) is 11.1 Å². The first-order valence-corrected chi connectivity index (χ1v) is 11.0. The number of fused-ring (bicyclic) bond motifs is 1. The summed E-state index contributed by atoms with van der Waals surface area (Å²) in [6.07, 6.45) is 0.619. The van der Waals surface area contributed by atoms with Crippen LogP contribution in [0, 0.1) is 5.82 Å². The maximum Gasteiger partial charge on any atom is 0.257 e. The topological polar surface area (TPSA) is 96.5 Å². The van der Waals surface area contributed by atoms with Crippen molar-refractivity contribution in [1.82, 2.24) is 15.2 Å². The van der Waals surface area contributed by atoms with Crippen LogP contribution in [0.2, 0.25) is 5.02 Å². The molecular weight excluding hydrogens is 461 g/mol. The molecule has 4 aromatic rings. The van der Waals surface area contributed by atoms with Crippen molar-refractivity contribution in [3.8, 4) is 0 Å². The quantitative estimate of drug-likeness (QED) is 0.355. The number of amides is 1. The van der Waals surface area contributed by atoms with E-state index in [1.165, 1.54) is 30.5 Å². The molecule has 0 saturated carbocycles. The number of aliphatic hydroxyl groups excluding tert-OH is 1. The summed E-state index contributed by atoms with van der Waals surface area (Å²) in [6, 6.07) is 14.3. The smallest absolute Gasteiger partial charge is 0.257 e. The molecule has 0 aliphatic rings. The van der Waals surface area contributed by atoms with Crippen molar-refractivity contribution in [1.29, 1.82) is 0 Å². The van der Waals surface area contributed by atoms with E-state index in [2.05, 4.69) is 10.6 Å². The van der Waals surface area contributed by atoms with E-state index in [1.807, 2.05) is 0 Å². The van der Waals surface area contributed by atoms with Crippen molar-refractivity contribution in [3.63, 3.8) is 0 Å². The zero-order chi connectivity index (χ0) is 24.2. The van der Waals surface area contributed by atoms with Gasteiger partial charge in [-0.05, 0) is 41.5 Å². The van der Waals surface area contributed by atoms with E-state index in [9.17, 15) is 19.1 Å². The average Bonchev–Trinajstić information content (AvgIpc) is 3.26. The number of rotatable bonds is 8. The first kappa shape index (κ1) is 23.7. The summed E-state index contributed by atoms with van der Waals surface area (Å²) in [5.74, 6) is -0.376. The van der Waals surface area contributed by atoms with Gasteiger partial charge in [-0.2, -0.15) is 0 Å². The van der Waals surface area contributed by atoms with Gasteiger partial charge in [-0.1, -0.05) is 35.9 Å². The number of aryl methyl sites for hydroxylation is 1. The largest absolute Gasteiger partial charge is 0.443 e. The predicted octanol–water partition coefficient (Wildman–Crippen LogP) is 3.68. The number of nitrogens with zero attached hydrogens (tertiary/aromatic N) is 1. The van der Waals surface area contributed by atoms with E-state index in [-0.39, 0.29) is 36.4 Å². The van der Waals surface area contributed by atoms with Crippen LogP contribution in [-0.2, 0) is 20.1 Å². The Bertz CT molecular complexity index is 1360. The summed E-state index contributed by atoms with van der Waals surface area (Å²) in [7, 11) is 1.69. The molecule has 4 rings (SSSR count). The molecule has 7 nitrogen and oxygen atoms in total. The number of hydrogen-bond donors (Lipinski definition) is 3. The Balaban J connectivity index is 1.43. The zero-order valence-electron chi connectivity index (χ0n) is 18.3. The molecule has 1 amide bonds. The third kappa shape index (κ3) is 5.36.